The molecule has 2 amide bonds. The number of phenols is 1. The zero-order valence-corrected chi connectivity index (χ0v) is 14.0. The number of nitrogens with one attached hydrogen (secondary N) is 1. The number of morpholine rings is 1. The maximum absolute atomic E-state index is 12.4. The van der Waals surface area contributed by atoms with Crippen molar-refractivity contribution in [3.05, 3.63) is 29.8 Å². The molecule has 2 fully saturated rings. The molecule has 0 aromatic heterocycles. The summed E-state index contributed by atoms with van der Waals surface area (Å²) in [7, 11) is 0. The summed E-state index contributed by atoms with van der Waals surface area (Å²) in [4.78, 5) is 28.0. The summed E-state index contributed by atoms with van der Waals surface area (Å²) in [6.45, 7) is 4.70. The Morgan fingerprint density at radius 2 is 2.12 bits per heavy atom. The van der Waals surface area contributed by atoms with Gasteiger partial charge in [-0.15, -0.1) is 0 Å². The van der Waals surface area contributed by atoms with E-state index >= 15 is 0 Å². The average Bonchev–Trinajstić information content (AvgIpc) is 2.97. The first-order chi connectivity index (χ1) is 12.1. The smallest absolute Gasteiger partial charge is 0.410 e. The van der Waals surface area contributed by atoms with Crippen LogP contribution in [0.4, 0.5) is 4.79 Å². The molecule has 8 heteroatoms. The number of rotatable bonds is 6. The lowest BCUT2D eigenvalue weighted by molar-refractivity contribution is -0.125. The molecular weight excluding hydrogens is 326 g/mol. The number of phenolic OH excluding ortho intramolecular Hbond substituents is 1. The zero-order chi connectivity index (χ0) is 17.6. The van der Waals surface area contributed by atoms with Crippen LogP contribution in [0, 0.1) is 0 Å². The lowest BCUT2D eigenvalue weighted by Gasteiger charge is -2.27. The number of nitrogens with zero attached hydrogens (tertiary/aromatic N) is 2. The first-order valence-electron chi connectivity index (χ1n) is 8.42. The summed E-state index contributed by atoms with van der Waals surface area (Å²) in [6.07, 6.45) is -0.517. The lowest BCUT2D eigenvalue weighted by atomic mass is 10.1. The molecule has 0 unspecified atom stereocenters. The fourth-order valence-corrected chi connectivity index (χ4v) is 2.97. The van der Waals surface area contributed by atoms with Crippen LogP contribution in [0.5, 0.6) is 5.75 Å². The Morgan fingerprint density at radius 3 is 2.88 bits per heavy atom. The maximum Gasteiger partial charge on any atom is 0.410 e. The van der Waals surface area contributed by atoms with Crippen LogP contribution < -0.4 is 5.32 Å². The van der Waals surface area contributed by atoms with Crippen molar-refractivity contribution in [2.24, 2.45) is 0 Å². The largest absolute Gasteiger partial charge is 0.508 e. The predicted molar refractivity (Wildman–Crippen MR) is 89.1 cm³/mol. The number of carbonyl (C=O) groups excluding carboxylic acids is 2. The first-order valence-corrected chi connectivity index (χ1v) is 8.42. The minimum atomic E-state index is -0.653. The third-order valence-electron chi connectivity index (χ3n) is 4.37. The van der Waals surface area contributed by atoms with E-state index in [-0.39, 0.29) is 24.8 Å². The molecule has 2 aliphatic rings. The van der Waals surface area contributed by atoms with Gasteiger partial charge >= 0.3 is 6.09 Å². The van der Waals surface area contributed by atoms with E-state index in [1.807, 2.05) is 0 Å². The molecule has 2 aliphatic heterocycles. The summed E-state index contributed by atoms with van der Waals surface area (Å²) >= 11 is 0. The van der Waals surface area contributed by atoms with Crippen molar-refractivity contribution in [3.8, 4) is 5.75 Å². The Kier molecular flexibility index (Phi) is 5.72. The predicted octanol–water partition coefficient (Wildman–Crippen LogP) is 0.161. The Morgan fingerprint density at radius 1 is 1.32 bits per heavy atom. The van der Waals surface area contributed by atoms with Gasteiger partial charge in [-0.25, -0.2) is 4.79 Å². The highest BCUT2D eigenvalue weighted by Gasteiger charge is 2.37. The number of hydrogen-bond donors (Lipinski definition) is 2. The van der Waals surface area contributed by atoms with E-state index in [1.54, 1.807) is 24.3 Å². The molecule has 0 bridgehead atoms. The molecule has 2 heterocycles. The van der Waals surface area contributed by atoms with Crippen LogP contribution >= 0.6 is 0 Å². The van der Waals surface area contributed by atoms with Gasteiger partial charge in [-0.05, 0) is 17.7 Å². The Bertz CT molecular complexity index is 618. The number of hydrogen-bond acceptors (Lipinski definition) is 6. The molecule has 2 N–H and O–H groups in total. The van der Waals surface area contributed by atoms with Gasteiger partial charge in [-0.2, -0.15) is 0 Å². The molecule has 2 saturated heterocycles. The lowest BCUT2D eigenvalue weighted by Crippen LogP contribution is -2.48. The zero-order valence-electron chi connectivity index (χ0n) is 14.0. The summed E-state index contributed by atoms with van der Waals surface area (Å²) in [5.74, 6) is -0.101. The van der Waals surface area contributed by atoms with E-state index in [1.165, 1.54) is 4.90 Å². The van der Waals surface area contributed by atoms with Crippen LogP contribution in [-0.4, -0.2) is 78.9 Å². The van der Waals surface area contributed by atoms with Gasteiger partial charge in [0.25, 0.3) is 0 Å². The van der Waals surface area contributed by atoms with E-state index in [2.05, 4.69) is 10.2 Å². The van der Waals surface area contributed by atoms with E-state index in [0.29, 0.717) is 6.54 Å². The van der Waals surface area contributed by atoms with Crippen LogP contribution in [0.25, 0.3) is 0 Å². The highest BCUT2D eigenvalue weighted by atomic mass is 16.6. The van der Waals surface area contributed by atoms with Crippen LogP contribution in [0.1, 0.15) is 5.56 Å². The molecule has 136 valence electrons. The fraction of sp³-hybridized carbons (Fsp3) is 0.529. The number of carbonyl (C=O) groups is 2. The maximum atomic E-state index is 12.4. The van der Waals surface area contributed by atoms with Crippen molar-refractivity contribution in [2.75, 3.05) is 46.0 Å². The molecule has 0 aliphatic carbocycles. The Balaban J connectivity index is 1.52. The normalized spacial score (nSPS) is 21.2. The van der Waals surface area contributed by atoms with Gasteiger partial charge in [0.2, 0.25) is 5.91 Å². The second kappa shape index (κ2) is 8.17. The Labute approximate surface area is 146 Å². The molecule has 1 atom stereocenters. The van der Waals surface area contributed by atoms with Gasteiger partial charge in [0.1, 0.15) is 18.4 Å². The SMILES string of the molecule is O=C(NCCN1CCOCC1)[C@@H]1COC(=O)N1Cc1cccc(O)c1. The van der Waals surface area contributed by atoms with Crippen LogP contribution in [0.3, 0.4) is 0 Å². The molecule has 1 aromatic rings. The van der Waals surface area contributed by atoms with Crippen molar-refractivity contribution in [1.29, 1.82) is 0 Å². The van der Waals surface area contributed by atoms with Gasteiger partial charge < -0.3 is 19.9 Å². The Hall–Kier alpha value is -2.32. The van der Waals surface area contributed by atoms with Gasteiger partial charge in [-0.1, -0.05) is 12.1 Å². The second-order valence-electron chi connectivity index (χ2n) is 6.14. The number of benzene rings is 1. The fourth-order valence-electron chi connectivity index (χ4n) is 2.97. The van der Waals surface area contributed by atoms with E-state index < -0.39 is 12.1 Å². The van der Waals surface area contributed by atoms with Crippen molar-refractivity contribution in [1.82, 2.24) is 15.1 Å². The molecule has 8 nitrogen and oxygen atoms in total. The van der Waals surface area contributed by atoms with Gasteiger partial charge in [-0.3, -0.25) is 14.6 Å². The molecule has 0 radical (unpaired) electrons. The standard InChI is InChI=1S/C17H23N3O5/c21-14-3-1-2-13(10-14)11-20-15(12-25-17(20)23)16(22)18-4-5-19-6-8-24-9-7-19/h1-3,10,15,21H,4-9,11-12H2,(H,18,22)/t15-/m0/s1. The number of aromatic hydroxyl groups is 1. The quantitative estimate of drug-likeness (QED) is 0.760. The van der Waals surface area contributed by atoms with E-state index in [0.717, 1.165) is 38.4 Å². The van der Waals surface area contributed by atoms with Crippen molar-refractivity contribution < 1.29 is 24.2 Å². The van der Waals surface area contributed by atoms with E-state index in [4.69, 9.17) is 9.47 Å². The monoisotopic (exact) mass is 349 g/mol. The van der Waals surface area contributed by atoms with Crippen molar-refractivity contribution in [3.63, 3.8) is 0 Å². The number of amides is 2. The first kappa shape index (κ1) is 17.5. The molecule has 3 rings (SSSR count). The van der Waals surface area contributed by atoms with Gasteiger partial charge in [0.05, 0.1) is 19.8 Å². The highest BCUT2D eigenvalue weighted by molar-refractivity contribution is 5.87. The summed E-state index contributed by atoms with van der Waals surface area (Å²) in [5.41, 5.74) is 0.741. The van der Waals surface area contributed by atoms with Gasteiger partial charge in [0.15, 0.2) is 0 Å². The molecule has 25 heavy (non-hydrogen) atoms. The van der Waals surface area contributed by atoms with Crippen molar-refractivity contribution in [2.45, 2.75) is 12.6 Å². The number of ether oxygens (including phenoxy) is 2. The minimum absolute atomic E-state index is 0.0427. The van der Waals surface area contributed by atoms with Crippen LogP contribution in [0.15, 0.2) is 24.3 Å². The third kappa shape index (κ3) is 4.61. The topological polar surface area (TPSA) is 91.3 Å². The molecular formula is C17H23N3O5. The van der Waals surface area contributed by atoms with Crippen molar-refractivity contribution >= 4 is 12.0 Å². The summed E-state index contributed by atoms with van der Waals surface area (Å²) in [6, 6.07) is 5.96. The van der Waals surface area contributed by atoms with E-state index in [9.17, 15) is 14.7 Å². The molecule has 0 spiro atoms. The average molecular weight is 349 g/mol. The minimum Gasteiger partial charge on any atom is -0.508 e. The third-order valence-corrected chi connectivity index (χ3v) is 4.37. The van der Waals surface area contributed by atoms with Gasteiger partial charge in [0, 0.05) is 26.2 Å². The van der Waals surface area contributed by atoms with Crippen LogP contribution in [-0.2, 0) is 20.8 Å². The van der Waals surface area contributed by atoms with Crippen LogP contribution in [0.2, 0.25) is 0 Å². The summed E-state index contributed by atoms with van der Waals surface area (Å²) < 4.78 is 10.3. The number of cyclic esters (lactones) is 1. The molecule has 0 saturated carbocycles. The molecule has 1 aromatic carbocycles. The second-order valence-corrected chi connectivity index (χ2v) is 6.14. The highest BCUT2D eigenvalue weighted by Crippen LogP contribution is 2.19. The summed E-state index contributed by atoms with van der Waals surface area (Å²) in [5, 5.41) is 12.4.